The van der Waals surface area contributed by atoms with E-state index in [2.05, 4.69) is 10.6 Å². The first-order valence-electron chi connectivity index (χ1n) is 12.7. The van der Waals surface area contributed by atoms with Gasteiger partial charge >= 0.3 is 0 Å². The van der Waals surface area contributed by atoms with Gasteiger partial charge in [0.25, 0.3) is 15.9 Å². The largest absolute Gasteiger partial charge is 0.348 e. The molecule has 0 atom stereocenters. The maximum Gasteiger partial charge on any atom is 0.264 e. The smallest absolute Gasteiger partial charge is 0.264 e. The van der Waals surface area contributed by atoms with Gasteiger partial charge in [0, 0.05) is 6.54 Å². The van der Waals surface area contributed by atoms with Crippen molar-refractivity contribution in [3.63, 3.8) is 0 Å². The van der Waals surface area contributed by atoms with Gasteiger partial charge in [0.05, 0.1) is 21.8 Å². The van der Waals surface area contributed by atoms with Crippen molar-refractivity contribution in [2.45, 2.75) is 31.7 Å². The van der Waals surface area contributed by atoms with Gasteiger partial charge < -0.3 is 10.6 Å². The lowest BCUT2D eigenvalue weighted by molar-refractivity contribution is -0.114. The Morgan fingerprint density at radius 2 is 1.41 bits per heavy atom. The van der Waals surface area contributed by atoms with Crippen molar-refractivity contribution >= 4 is 33.2 Å². The molecule has 0 aromatic heterocycles. The molecule has 2 amide bonds. The van der Waals surface area contributed by atoms with Crippen molar-refractivity contribution in [2.75, 3.05) is 16.2 Å². The summed E-state index contributed by atoms with van der Waals surface area (Å²) >= 11 is 0. The molecule has 0 saturated carbocycles. The van der Waals surface area contributed by atoms with Crippen LogP contribution in [-0.4, -0.2) is 26.8 Å². The number of hydrogen-bond acceptors (Lipinski definition) is 4. The molecule has 0 radical (unpaired) electrons. The predicted octanol–water partition coefficient (Wildman–Crippen LogP) is 5.32. The molecule has 0 aliphatic heterocycles. The van der Waals surface area contributed by atoms with Crippen LogP contribution in [0, 0.1) is 6.92 Å². The van der Waals surface area contributed by atoms with Gasteiger partial charge in [0.1, 0.15) is 6.54 Å². The molecule has 0 spiro atoms. The molecule has 0 fully saturated rings. The minimum absolute atomic E-state index is 0.0844. The third kappa shape index (κ3) is 6.91. The third-order valence-electron chi connectivity index (χ3n) is 6.27. The number of sulfonamides is 1. The number of benzene rings is 4. The van der Waals surface area contributed by atoms with E-state index in [4.69, 9.17) is 0 Å². The van der Waals surface area contributed by atoms with Crippen LogP contribution in [0.3, 0.4) is 0 Å². The average molecular weight is 542 g/mol. The Hall–Kier alpha value is -4.43. The molecule has 200 valence electrons. The number of amides is 2. The highest BCUT2D eigenvalue weighted by Gasteiger charge is 2.27. The molecule has 0 heterocycles. The average Bonchev–Trinajstić information content (AvgIpc) is 2.96. The van der Waals surface area contributed by atoms with Gasteiger partial charge in [-0.3, -0.25) is 13.9 Å². The van der Waals surface area contributed by atoms with E-state index in [1.165, 1.54) is 12.1 Å². The zero-order valence-electron chi connectivity index (χ0n) is 21.9. The molecular formula is C31H31N3O4S. The van der Waals surface area contributed by atoms with Gasteiger partial charge in [-0.15, -0.1) is 0 Å². The zero-order valence-corrected chi connectivity index (χ0v) is 22.7. The van der Waals surface area contributed by atoms with Gasteiger partial charge in [0.2, 0.25) is 5.91 Å². The molecule has 0 saturated heterocycles. The second-order valence-corrected chi connectivity index (χ2v) is 11.0. The van der Waals surface area contributed by atoms with Crippen LogP contribution in [0.25, 0.3) is 0 Å². The van der Waals surface area contributed by atoms with Crippen LogP contribution in [0.15, 0.2) is 108 Å². The molecule has 4 aromatic rings. The molecule has 4 rings (SSSR count). The zero-order chi connectivity index (χ0) is 27.8. The topological polar surface area (TPSA) is 95.6 Å². The number of carbonyl (C=O) groups is 2. The van der Waals surface area contributed by atoms with E-state index in [-0.39, 0.29) is 16.4 Å². The Labute approximate surface area is 229 Å². The van der Waals surface area contributed by atoms with Crippen LogP contribution in [0.2, 0.25) is 0 Å². The van der Waals surface area contributed by atoms with E-state index in [0.29, 0.717) is 17.9 Å². The Morgan fingerprint density at radius 1 is 0.769 bits per heavy atom. The van der Waals surface area contributed by atoms with Gasteiger partial charge in [-0.1, -0.05) is 79.2 Å². The quantitative estimate of drug-likeness (QED) is 0.284. The lowest BCUT2D eigenvalue weighted by Gasteiger charge is -2.24. The summed E-state index contributed by atoms with van der Waals surface area (Å²) in [5, 5.41) is 5.60. The minimum Gasteiger partial charge on any atom is -0.348 e. The normalized spacial score (nSPS) is 11.0. The molecule has 8 heteroatoms. The van der Waals surface area contributed by atoms with Crippen molar-refractivity contribution < 1.29 is 18.0 Å². The van der Waals surface area contributed by atoms with E-state index in [1.807, 2.05) is 56.3 Å². The molecular weight excluding hydrogens is 510 g/mol. The molecule has 0 aliphatic rings. The highest BCUT2D eigenvalue weighted by Crippen LogP contribution is 2.25. The lowest BCUT2D eigenvalue weighted by Crippen LogP contribution is -2.38. The first-order valence-corrected chi connectivity index (χ1v) is 14.1. The van der Waals surface area contributed by atoms with E-state index >= 15 is 0 Å². The van der Waals surface area contributed by atoms with Gasteiger partial charge in [-0.05, 0) is 60.9 Å². The minimum atomic E-state index is -4.05. The van der Waals surface area contributed by atoms with E-state index in [9.17, 15) is 18.0 Å². The monoisotopic (exact) mass is 541 g/mol. The van der Waals surface area contributed by atoms with Crippen LogP contribution in [-0.2, 0) is 27.8 Å². The van der Waals surface area contributed by atoms with Crippen LogP contribution in [0.4, 0.5) is 11.4 Å². The number of carbonyl (C=O) groups excluding carboxylic acids is 2. The van der Waals surface area contributed by atoms with E-state index < -0.39 is 22.5 Å². The molecule has 39 heavy (non-hydrogen) atoms. The van der Waals surface area contributed by atoms with Crippen LogP contribution in [0.1, 0.15) is 34.0 Å². The van der Waals surface area contributed by atoms with Crippen LogP contribution >= 0.6 is 0 Å². The summed E-state index contributed by atoms with van der Waals surface area (Å²) in [5.41, 5.74) is 3.86. The Morgan fingerprint density at radius 3 is 2.08 bits per heavy atom. The van der Waals surface area contributed by atoms with E-state index in [0.717, 1.165) is 27.4 Å². The summed E-state index contributed by atoms with van der Waals surface area (Å²) in [7, 11) is -4.05. The standard InChI is InChI=1S/C31H31N3O4S/c1-3-24-15-17-26(18-16-24)34(39(37,38)27-19-13-23(2)14-20-27)22-30(35)33-29-12-8-7-11-28(29)31(36)32-21-25-9-5-4-6-10-25/h4-20H,3,21-22H2,1-2H3,(H,32,36)(H,33,35). The first-order chi connectivity index (χ1) is 18.8. The summed E-state index contributed by atoms with van der Waals surface area (Å²) in [4.78, 5) is 26.3. The second kappa shape index (κ2) is 12.4. The first kappa shape index (κ1) is 27.6. The SMILES string of the molecule is CCc1ccc(N(CC(=O)Nc2ccccc2C(=O)NCc2ccccc2)S(=O)(=O)c2ccc(C)cc2)cc1. The molecule has 7 nitrogen and oxygen atoms in total. The Kier molecular flexibility index (Phi) is 8.78. The number of aryl methyl sites for hydroxylation is 2. The third-order valence-corrected chi connectivity index (χ3v) is 8.06. The molecule has 0 aliphatic carbocycles. The fraction of sp³-hybridized carbons (Fsp3) is 0.161. The number of anilines is 2. The van der Waals surface area contributed by atoms with Gasteiger partial charge in [0.15, 0.2) is 0 Å². The number of nitrogens with zero attached hydrogens (tertiary/aromatic N) is 1. The van der Waals surface area contributed by atoms with E-state index in [1.54, 1.807) is 48.5 Å². The number of nitrogens with one attached hydrogen (secondary N) is 2. The highest BCUT2D eigenvalue weighted by atomic mass is 32.2. The summed E-state index contributed by atoms with van der Waals surface area (Å²) in [6, 6.07) is 29.7. The number of para-hydroxylation sites is 1. The molecule has 4 aromatic carbocycles. The Bertz CT molecular complexity index is 1540. The van der Waals surface area contributed by atoms with Crippen molar-refractivity contribution in [3.8, 4) is 0 Å². The highest BCUT2D eigenvalue weighted by molar-refractivity contribution is 7.92. The summed E-state index contributed by atoms with van der Waals surface area (Å²) in [6.45, 7) is 3.75. The van der Waals surface area contributed by atoms with Crippen molar-refractivity contribution in [1.82, 2.24) is 5.32 Å². The molecule has 0 unspecified atom stereocenters. The summed E-state index contributed by atoms with van der Waals surface area (Å²) in [5.74, 6) is -0.928. The summed E-state index contributed by atoms with van der Waals surface area (Å²) in [6.07, 6.45) is 0.800. The van der Waals surface area contributed by atoms with Crippen LogP contribution in [0.5, 0.6) is 0 Å². The maximum absolute atomic E-state index is 13.7. The number of rotatable bonds is 10. The fourth-order valence-electron chi connectivity index (χ4n) is 4.03. The van der Waals surface area contributed by atoms with Crippen LogP contribution < -0.4 is 14.9 Å². The van der Waals surface area contributed by atoms with Crippen molar-refractivity contribution in [3.05, 3.63) is 125 Å². The second-order valence-electron chi connectivity index (χ2n) is 9.11. The van der Waals surface area contributed by atoms with Gasteiger partial charge in [-0.2, -0.15) is 0 Å². The van der Waals surface area contributed by atoms with Crippen molar-refractivity contribution in [2.24, 2.45) is 0 Å². The molecule has 0 bridgehead atoms. The predicted molar refractivity (Wildman–Crippen MR) is 154 cm³/mol. The number of hydrogen-bond donors (Lipinski definition) is 2. The Balaban J connectivity index is 1.57. The fourth-order valence-corrected chi connectivity index (χ4v) is 5.46. The lowest BCUT2D eigenvalue weighted by atomic mass is 10.1. The van der Waals surface area contributed by atoms with Gasteiger partial charge in [-0.25, -0.2) is 8.42 Å². The van der Waals surface area contributed by atoms with Crippen molar-refractivity contribution in [1.29, 1.82) is 0 Å². The maximum atomic E-state index is 13.7. The summed E-state index contributed by atoms with van der Waals surface area (Å²) < 4.78 is 28.4. The molecule has 2 N–H and O–H groups in total.